The van der Waals surface area contributed by atoms with Crippen molar-refractivity contribution < 1.29 is 14.4 Å². The zero-order chi connectivity index (χ0) is 14.4. The van der Waals surface area contributed by atoms with E-state index in [9.17, 15) is 9.59 Å². The van der Waals surface area contributed by atoms with E-state index in [1.807, 2.05) is 6.07 Å². The van der Waals surface area contributed by atoms with Gasteiger partial charge in [-0.25, -0.2) is 5.90 Å². The van der Waals surface area contributed by atoms with Gasteiger partial charge >= 0.3 is 0 Å². The van der Waals surface area contributed by atoms with E-state index in [1.165, 1.54) is 0 Å². The predicted molar refractivity (Wildman–Crippen MR) is 75.1 cm³/mol. The lowest BCUT2D eigenvalue weighted by atomic mass is 10.0. The number of carbonyl (C=O) groups excluding carboxylic acids is 2. The third-order valence-electron chi connectivity index (χ3n) is 2.66. The van der Waals surface area contributed by atoms with E-state index in [2.05, 4.69) is 10.2 Å². The Morgan fingerprint density at radius 1 is 1.00 bits per heavy atom. The fourth-order valence-electron chi connectivity index (χ4n) is 1.77. The van der Waals surface area contributed by atoms with E-state index in [4.69, 9.17) is 5.90 Å². The molecular formula is C15H14N2O3. The molecule has 0 aliphatic heterocycles. The Hall–Kier alpha value is -2.50. The number of benzene rings is 2. The lowest BCUT2D eigenvalue weighted by Crippen LogP contribution is -2.20. The van der Waals surface area contributed by atoms with Crippen LogP contribution in [0.1, 0.15) is 15.9 Å². The molecule has 2 rings (SSSR count). The van der Waals surface area contributed by atoms with Gasteiger partial charge in [-0.2, -0.15) is 0 Å². The van der Waals surface area contributed by atoms with E-state index in [0.29, 0.717) is 16.8 Å². The maximum absolute atomic E-state index is 12.3. The molecule has 0 spiro atoms. The van der Waals surface area contributed by atoms with Crippen molar-refractivity contribution in [1.82, 2.24) is 0 Å². The highest BCUT2D eigenvalue weighted by Crippen LogP contribution is 2.14. The highest BCUT2D eigenvalue weighted by molar-refractivity contribution is 6.09. The van der Waals surface area contributed by atoms with E-state index in [-0.39, 0.29) is 18.3 Å². The molecule has 0 aliphatic carbocycles. The minimum atomic E-state index is -0.378. The first-order valence-corrected chi connectivity index (χ1v) is 6.02. The van der Waals surface area contributed by atoms with Crippen molar-refractivity contribution in [2.24, 2.45) is 5.90 Å². The van der Waals surface area contributed by atoms with Crippen LogP contribution in [-0.4, -0.2) is 18.3 Å². The quantitative estimate of drug-likeness (QED) is 0.640. The van der Waals surface area contributed by atoms with Gasteiger partial charge in [0.1, 0.15) is 6.61 Å². The normalized spacial score (nSPS) is 10.1. The third kappa shape index (κ3) is 3.50. The second-order valence-electron chi connectivity index (χ2n) is 4.14. The van der Waals surface area contributed by atoms with Gasteiger partial charge in [-0.05, 0) is 12.1 Å². The number of carbonyl (C=O) groups is 2. The summed E-state index contributed by atoms with van der Waals surface area (Å²) < 4.78 is 0. The van der Waals surface area contributed by atoms with Gasteiger partial charge in [0.2, 0.25) is 0 Å². The molecule has 2 aromatic carbocycles. The van der Waals surface area contributed by atoms with Crippen LogP contribution in [0.5, 0.6) is 0 Å². The Bertz CT molecular complexity index is 612. The fourth-order valence-corrected chi connectivity index (χ4v) is 1.77. The Morgan fingerprint density at radius 2 is 1.70 bits per heavy atom. The van der Waals surface area contributed by atoms with Crippen LogP contribution in [0, 0.1) is 0 Å². The number of anilines is 1. The summed E-state index contributed by atoms with van der Waals surface area (Å²) >= 11 is 0. The molecule has 0 fully saturated rings. The van der Waals surface area contributed by atoms with Gasteiger partial charge in [-0.1, -0.05) is 42.5 Å². The van der Waals surface area contributed by atoms with Gasteiger partial charge < -0.3 is 5.32 Å². The maximum atomic E-state index is 12.3. The molecule has 1 amide bonds. The van der Waals surface area contributed by atoms with Crippen molar-refractivity contribution in [1.29, 1.82) is 0 Å². The van der Waals surface area contributed by atoms with Crippen molar-refractivity contribution in [3.63, 3.8) is 0 Å². The summed E-state index contributed by atoms with van der Waals surface area (Å²) in [7, 11) is 0. The smallest absolute Gasteiger partial charge is 0.252 e. The molecule has 102 valence electrons. The Kier molecular flexibility index (Phi) is 4.60. The van der Waals surface area contributed by atoms with Gasteiger partial charge in [0, 0.05) is 16.8 Å². The summed E-state index contributed by atoms with van der Waals surface area (Å²) in [4.78, 5) is 27.9. The Labute approximate surface area is 116 Å². The minimum absolute atomic E-state index is 0.100. The first-order valence-electron chi connectivity index (χ1n) is 6.02. The lowest BCUT2D eigenvalue weighted by Gasteiger charge is -2.06. The summed E-state index contributed by atoms with van der Waals surface area (Å²) in [5.41, 5.74) is 1.62. The monoisotopic (exact) mass is 270 g/mol. The number of amides is 1. The summed E-state index contributed by atoms with van der Waals surface area (Å²) in [6, 6.07) is 15.7. The Balaban J connectivity index is 2.18. The van der Waals surface area contributed by atoms with Crippen LogP contribution >= 0.6 is 0 Å². The number of hydrogen-bond acceptors (Lipinski definition) is 4. The highest BCUT2D eigenvalue weighted by Gasteiger charge is 2.09. The van der Waals surface area contributed by atoms with E-state index < -0.39 is 0 Å². The van der Waals surface area contributed by atoms with Crippen LogP contribution < -0.4 is 11.2 Å². The first kappa shape index (κ1) is 13.9. The fraction of sp³-hybridized carbons (Fsp3) is 0.0667. The second-order valence-corrected chi connectivity index (χ2v) is 4.14. The summed E-state index contributed by atoms with van der Waals surface area (Å²) in [6.45, 7) is -0.239. The predicted octanol–water partition coefficient (Wildman–Crippen LogP) is 1.75. The van der Waals surface area contributed by atoms with Crippen molar-refractivity contribution in [2.45, 2.75) is 0 Å². The van der Waals surface area contributed by atoms with Crippen molar-refractivity contribution >= 4 is 17.4 Å². The van der Waals surface area contributed by atoms with Crippen LogP contribution in [0.3, 0.4) is 0 Å². The molecule has 0 saturated heterocycles. The summed E-state index contributed by atoms with van der Waals surface area (Å²) in [6.07, 6.45) is 0. The molecule has 0 radical (unpaired) electrons. The van der Waals surface area contributed by atoms with Crippen molar-refractivity contribution in [3.8, 4) is 0 Å². The van der Waals surface area contributed by atoms with E-state index in [1.54, 1.807) is 48.5 Å². The zero-order valence-electron chi connectivity index (χ0n) is 10.7. The van der Waals surface area contributed by atoms with Gasteiger partial charge in [0.15, 0.2) is 5.78 Å². The van der Waals surface area contributed by atoms with Crippen LogP contribution in [0.25, 0.3) is 0 Å². The number of nitrogens with two attached hydrogens (primary N) is 1. The standard InChI is InChI=1S/C15H14N2O3/c16-20-10-14(18)17-13-8-4-7-12(9-13)15(19)11-5-2-1-3-6-11/h1-9H,10,16H2,(H,17,18). The summed E-state index contributed by atoms with van der Waals surface area (Å²) in [5, 5.41) is 2.59. The number of ketones is 1. The molecule has 0 aromatic heterocycles. The molecular weight excluding hydrogens is 256 g/mol. The van der Waals surface area contributed by atoms with E-state index in [0.717, 1.165) is 0 Å². The SMILES string of the molecule is NOCC(=O)Nc1cccc(C(=O)c2ccccc2)c1. The molecule has 5 heteroatoms. The molecule has 0 unspecified atom stereocenters. The molecule has 0 saturated carbocycles. The molecule has 0 heterocycles. The van der Waals surface area contributed by atoms with Crippen LogP contribution in [-0.2, 0) is 9.63 Å². The molecule has 0 atom stereocenters. The maximum Gasteiger partial charge on any atom is 0.252 e. The topological polar surface area (TPSA) is 81.4 Å². The number of rotatable bonds is 5. The van der Waals surface area contributed by atoms with Gasteiger partial charge in [0.25, 0.3) is 5.91 Å². The second kappa shape index (κ2) is 6.60. The van der Waals surface area contributed by atoms with E-state index >= 15 is 0 Å². The van der Waals surface area contributed by atoms with Crippen molar-refractivity contribution in [3.05, 3.63) is 65.7 Å². The largest absolute Gasteiger partial charge is 0.324 e. The van der Waals surface area contributed by atoms with Gasteiger partial charge in [0.05, 0.1) is 0 Å². The van der Waals surface area contributed by atoms with Crippen LogP contribution in [0.4, 0.5) is 5.69 Å². The van der Waals surface area contributed by atoms with Crippen molar-refractivity contribution in [2.75, 3.05) is 11.9 Å². The van der Waals surface area contributed by atoms with Crippen LogP contribution in [0.2, 0.25) is 0 Å². The average molecular weight is 270 g/mol. The molecule has 2 aromatic rings. The molecule has 0 bridgehead atoms. The van der Waals surface area contributed by atoms with Crippen LogP contribution in [0.15, 0.2) is 54.6 Å². The Morgan fingerprint density at radius 3 is 2.40 bits per heavy atom. The van der Waals surface area contributed by atoms with Gasteiger partial charge in [-0.15, -0.1) is 0 Å². The molecule has 20 heavy (non-hydrogen) atoms. The minimum Gasteiger partial charge on any atom is -0.324 e. The highest BCUT2D eigenvalue weighted by atomic mass is 16.6. The average Bonchev–Trinajstić information content (AvgIpc) is 2.48. The molecule has 0 aliphatic rings. The molecule has 3 N–H and O–H groups in total. The molecule has 5 nitrogen and oxygen atoms in total. The zero-order valence-corrected chi connectivity index (χ0v) is 10.7. The lowest BCUT2D eigenvalue weighted by molar-refractivity contribution is -0.120. The van der Waals surface area contributed by atoms with Gasteiger partial charge in [-0.3, -0.25) is 14.4 Å². The summed E-state index contributed by atoms with van der Waals surface area (Å²) in [5.74, 6) is 4.34. The number of nitrogens with one attached hydrogen (secondary N) is 1. The third-order valence-corrected chi connectivity index (χ3v) is 2.66. The number of hydrogen-bond donors (Lipinski definition) is 2. The first-order chi connectivity index (χ1) is 9.70.